The highest BCUT2D eigenvalue weighted by atomic mass is 32.2. The van der Waals surface area contributed by atoms with E-state index in [0.29, 0.717) is 0 Å². The fraction of sp³-hybridized carbons (Fsp3) is 0.222. The summed E-state index contributed by atoms with van der Waals surface area (Å²) in [5.74, 6) is -1.20. The summed E-state index contributed by atoms with van der Waals surface area (Å²) in [5.41, 5.74) is -0.165. The van der Waals surface area contributed by atoms with Crippen LogP contribution >= 0.6 is 0 Å². The van der Waals surface area contributed by atoms with E-state index in [1.807, 2.05) is 0 Å². The third-order valence-electron chi connectivity index (χ3n) is 1.74. The molecule has 0 bridgehead atoms. The van der Waals surface area contributed by atoms with Crippen LogP contribution in [-0.2, 0) is 14.8 Å². The molecule has 1 aromatic carbocycles. The molecule has 0 aliphatic heterocycles. The van der Waals surface area contributed by atoms with Crippen molar-refractivity contribution in [3.63, 3.8) is 0 Å². The largest absolute Gasteiger partial charge is 0.505 e. The summed E-state index contributed by atoms with van der Waals surface area (Å²) < 4.78 is 28.4. The minimum Gasteiger partial charge on any atom is -0.505 e. The van der Waals surface area contributed by atoms with Crippen molar-refractivity contribution in [1.82, 2.24) is 0 Å². The summed E-state index contributed by atoms with van der Waals surface area (Å²) in [6.07, 6.45) is 0.942. The Hall–Kier alpha value is -1.76. The number of nitrogens with one attached hydrogen (secondary N) is 1. The Morgan fingerprint density at radius 1 is 1.44 bits per heavy atom. The highest BCUT2D eigenvalue weighted by molar-refractivity contribution is 7.92. The van der Waals surface area contributed by atoms with Gasteiger partial charge in [-0.25, -0.2) is 13.2 Å². The molecule has 6 nitrogen and oxygen atoms in total. The smallest absolute Gasteiger partial charge is 0.341 e. The summed E-state index contributed by atoms with van der Waals surface area (Å²) in [6, 6.07) is 4.09. The monoisotopic (exact) mass is 245 g/mol. The molecule has 0 saturated carbocycles. The van der Waals surface area contributed by atoms with E-state index in [9.17, 15) is 18.3 Å². The molecule has 0 aliphatic carbocycles. The lowest BCUT2D eigenvalue weighted by Crippen LogP contribution is -2.11. The number of phenols is 1. The molecular weight excluding hydrogens is 234 g/mol. The highest BCUT2D eigenvalue weighted by Crippen LogP contribution is 2.28. The number of carbonyl (C=O) groups is 1. The lowest BCUT2D eigenvalue weighted by atomic mass is 10.2. The molecule has 0 aromatic heterocycles. The summed E-state index contributed by atoms with van der Waals surface area (Å²) in [7, 11) is -2.35. The second-order valence-electron chi connectivity index (χ2n) is 3.07. The van der Waals surface area contributed by atoms with Gasteiger partial charge in [-0.05, 0) is 12.1 Å². The van der Waals surface area contributed by atoms with Crippen molar-refractivity contribution in [3.05, 3.63) is 23.8 Å². The first-order valence-electron chi connectivity index (χ1n) is 4.23. The Kier molecular flexibility index (Phi) is 3.38. The van der Waals surface area contributed by atoms with Crippen molar-refractivity contribution in [2.75, 3.05) is 18.1 Å². The van der Waals surface area contributed by atoms with E-state index in [-0.39, 0.29) is 11.3 Å². The van der Waals surface area contributed by atoms with E-state index in [0.717, 1.165) is 6.26 Å². The van der Waals surface area contributed by atoms with Crippen molar-refractivity contribution in [2.45, 2.75) is 0 Å². The van der Waals surface area contributed by atoms with Gasteiger partial charge in [0, 0.05) is 0 Å². The maximum Gasteiger partial charge on any atom is 0.341 e. The Labute approximate surface area is 92.9 Å². The molecule has 0 saturated heterocycles. The van der Waals surface area contributed by atoms with Crippen molar-refractivity contribution >= 4 is 21.7 Å². The number of ether oxygens (including phenoxy) is 1. The number of rotatable bonds is 3. The number of carbonyl (C=O) groups excluding carboxylic acids is 1. The molecule has 0 atom stereocenters. The molecule has 0 heterocycles. The van der Waals surface area contributed by atoms with Gasteiger partial charge in [-0.1, -0.05) is 6.07 Å². The summed E-state index contributed by atoms with van der Waals surface area (Å²) in [4.78, 5) is 11.2. The zero-order valence-corrected chi connectivity index (χ0v) is 9.54. The predicted octanol–water partition coefficient (Wildman–Crippen LogP) is 0.550. The molecular formula is C9H11NO5S. The first kappa shape index (κ1) is 12.3. The molecule has 0 radical (unpaired) electrons. The second kappa shape index (κ2) is 4.40. The van der Waals surface area contributed by atoms with Gasteiger partial charge in [-0.2, -0.15) is 0 Å². The average Bonchev–Trinajstić information content (AvgIpc) is 2.18. The van der Waals surface area contributed by atoms with Crippen LogP contribution < -0.4 is 4.72 Å². The van der Waals surface area contributed by atoms with Gasteiger partial charge in [0.2, 0.25) is 10.0 Å². The zero-order chi connectivity index (χ0) is 12.3. The standard InChI is InChI=1S/C9H11NO5S/c1-15-9(12)6-4-3-5-7(8(6)11)10-16(2,13)14/h3-5,10-11H,1-2H3. The van der Waals surface area contributed by atoms with E-state index in [4.69, 9.17) is 0 Å². The van der Waals surface area contributed by atoms with E-state index in [1.54, 1.807) is 0 Å². The molecule has 7 heteroatoms. The third-order valence-corrected chi connectivity index (χ3v) is 2.33. The van der Waals surface area contributed by atoms with Gasteiger partial charge in [0.1, 0.15) is 5.56 Å². The molecule has 0 fully saturated rings. The van der Waals surface area contributed by atoms with Gasteiger partial charge in [0.15, 0.2) is 5.75 Å². The molecule has 1 rings (SSSR count). The lowest BCUT2D eigenvalue weighted by Gasteiger charge is -2.08. The first-order chi connectivity index (χ1) is 7.35. The van der Waals surface area contributed by atoms with Gasteiger partial charge in [-0.3, -0.25) is 4.72 Å². The van der Waals surface area contributed by atoms with Gasteiger partial charge in [0.05, 0.1) is 19.1 Å². The summed E-state index contributed by atoms with van der Waals surface area (Å²) >= 11 is 0. The third kappa shape index (κ3) is 2.86. The molecule has 0 unspecified atom stereocenters. The number of aromatic hydroxyl groups is 1. The maximum absolute atomic E-state index is 11.2. The van der Waals surface area contributed by atoms with Gasteiger partial charge >= 0.3 is 5.97 Å². The van der Waals surface area contributed by atoms with E-state index < -0.39 is 21.7 Å². The van der Waals surface area contributed by atoms with Gasteiger partial charge in [-0.15, -0.1) is 0 Å². The number of sulfonamides is 1. The molecule has 2 N–H and O–H groups in total. The molecule has 16 heavy (non-hydrogen) atoms. The Balaban J connectivity index is 3.19. The number of methoxy groups -OCH3 is 1. The molecule has 0 spiro atoms. The Bertz CT molecular complexity index is 509. The quantitative estimate of drug-likeness (QED) is 0.599. The number of para-hydroxylation sites is 1. The van der Waals surface area contributed by atoms with E-state index in [1.165, 1.54) is 25.3 Å². The van der Waals surface area contributed by atoms with Gasteiger partial charge in [0.25, 0.3) is 0 Å². The molecule has 88 valence electrons. The summed E-state index contributed by atoms with van der Waals surface area (Å²) in [5, 5.41) is 9.63. The minimum absolute atomic E-state index is 0.0644. The number of hydrogen-bond donors (Lipinski definition) is 2. The Morgan fingerprint density at radius 2 is 2.06 bits per heavy atom. The van der Waals surface area contributed by atoms with Crippen LogP contribution in [0.2, 0.25) is 0 Å². The number of esters is 1. The Morgan fingerprint density at radius 3 is 2.56 bits per heavy atom. The van der Waals surface area contributed by atoms with Crippen molar-refractivity contribution in [2.24, 2.45) is 0 Å². The zero-order valence-electron chi connectivity index (χ0n) is 8.72. The summed E-state index contributed by atoms with van der Waals surface area (Å²) in [6.45, 7) is 0. The SMILES string of the molecule is COC(=O)c1cccc(NS(C)(=O)=O)c1O. The topological polar surface area (TPSA) is 92.7 Å². The maximum atomic E-state index is 11.2. The van der Waals surface area contributed by atoms with Crippen LogP contribution in [0.3, 0.4) is 0 Å². The fourth-order valence-corrected chi connectivity index (χ4v) is 1.66. The normalized spacial score (nSPS) is 10.9. The van der Waals surface area contributed by atoms with Crippen LogP contribution in [0.25, 0.3) is 0 Å². The van der Waals surface area contributed by atoms with Crippen molar-refractivity contribution in [3.8, 4) is 5.75 Å². The molecule has 1 aromatic rings. The van der Waals surface area contributed by atoms with Crippen LogP contribution in [0.15, 0.2) is 18.2 Å². The van der Waals surface area contributed by atoms with Crippen LogP contribution in [0.4, 0.5) is 5.69 Å². The van der Waals surface area contributed by atoms with E-state index in [2.05, 4.69) is 9.46 Å². The van der Waals surface area contributed by atoms with Crippen LogP contribution in [0, 0.1) is 0 Å². The lowest BCUT2D eigenvalue weighted by molar-refractivity contribution is 0.0597. The molecule has 0 amide bonds. The van der Waals surface area contributed by atoms with Crippen molar-refractivity contribution < 1.29 is 23.1 Å². The number of anilines is 1. The number of phenolic OH excluding ortho intramolecular Hbond substituents is 1. The number of hydrogen-bond acceptors (Lipinski definition) is 5. The number of benzene rings is 1. The minimum atomic E-state index is -3.51. The van der Waals surface area contributed by atoms with Gasteiger partial charge < -0.3 is 9.84 Å². The van der Waals surface area contributed by atoms with Crippen LogP contribution in [-0.4, -0.2) is 32.9 Å². The van der Waals surface area contributed by atoms with Crippen molar-refractivity contribution in [1.29, 1.82) is 0 Å². The van der Waals surface area contributed by atoms with E-state index >= 15 is 0 Å². The predicted molar refractivity (Wildman–Crippen MR) is 57.9 cm³/mol. The highest BCUT2D eigenvalue weighted by Gasteiger charge is 2.16. The first-order valence-corrected chi connectivity index (χ1v) is 6.12. The average molecular weight is 245 g/mol. The van der Waals surface area contributed by atoms with Crippen LogP contribution in [0.5, 0.6) is 5.75 Å². The van der Waals surface area contributed by atoms with Crippen LogP contribution in [0.1, 0.15) is 10.4 Å². The fourth-order valence-electron chi connectivity index (χ4n) is 1.10. The second-order valence-corrected chi connectivity index (χ2v) is 4.82. The molecule has 0 aliphatic rings.